The molecule has 0 saturated carbocycles. The maximum Gasteiger partial charge on any atom is 0.117 e. The Morgan fingerprint density at radius 2 is 1.44 bits per heavy atom. The molecule has 0 N–H and O–H groups in total. The van der Waals surface area contributed by atoms with Gasteiger partial charge in [0, 0.05) is 0 Å². The highest BCUT2D eigenvalue weighted by Crippen LogP contribution is 2.51. The van der Waals surface area contributed by atoms with E-state index in [1.54, 1.807) is 0 Å². The molecule has 1 aliphatic carbocycles. The van der Waals surface area contributed by atoms with Crippen molar-refractivity contribution in [3.8, 4) is 0 Å². The van der Waals surface area contributed by atoms with Gasteiger partial charge < -0.3 is 4.74 Å². The number of epoxide rings is 1. The molecule has 0 aromatic heterocycles. The first-order valence-corrected chi connectivity index (χ1v) is 3.24. The van der Waals surface area contributed by atoms with E-state index < -0.39 is 0 Å². The van der Waals surface area contributed by atoms with Gasteiger partial charge in [-0.2, -0.15) is 0 Å². The molecule has 48 valence electrons. The topological polar surface area (TPSA) is 12.5 Å². The monoisotopic (exact) mass is 122 g/mol. The van der Waals surface area contributed by atoms with Crippen molar-refractivity contribution in [1.82, 2.24) is 0 Å². The molecule has 2 aliphatic rings. The van der Waals surface area contributed by atoms with E-state index in [0.717, 1.165) is 0 Å². The number of hydrogen-bond acceptors (Lipinski definition) is 1. The summed E-state index contributed by atoms with van der Waals surface area (Å²) in [6.45, 7) is 4.21. The van der Waals surface area contributed by atoms with E-state index in [0.29, 0.717) is 0 Å². The molecule has 0 amide bonds. The van der Waals surface area contributed by atoms with Crippen LogP contribution in [0.5, 0.6) is 0 Å². The SMILES string of the molecule is C[C@@]12C=CC=C[C@]1(C)O2. The number of rotatable bonds is 0. The largest absolute Gasteiger partial charge is 0.354 e. The zero-order valence-electron chi connectivity index (χ0n) is 5.72. The summed E-state index contributed by atoms with van der Waals surface area (Å²) in [4.78, 5) is 0. The Morgan fingerprint density at radius 1 is 1.00 bits per heavy atom. The Hall–Kier alpha value is -0.560. The van der Waals surface area contributed by atoms with Gasteiger partial charge in [-0.25, -0.2) is 0 Å². The quantitative estimate of drug-likeness (QED) is 0.445. The van der Waals surface area contributed by atoms with Crippen molar-refractivity contribution < 1.29 is 4.74 Å². The van der Waals surface area contributed by atoms with Gasteiger partial charge in [-0.15, -0.1) is 0 Å². The van der Waals surface area contributed by atoms with Crippen LogP contribution in [0.15, 0.2) is 24.3 Å². The van der Waals surface area contributed by atoms with E-state index >= 15 is 0 Å². The van der Waals surface area contributed by atoms with Crippen molar-refractivity contribution in [2.45, 2.75) is 25.0 Å². The normalized spacial score (nSPS) is 53.1. The average molecular weight is 122 g/mol. The molecule has 9 heavy (non-hydrogen) atoms. The van der Waals surface area contributed by atoms with Crippen LogP contribution in [0.3, 0.4) is 0 Å². The van der Waals surface area contributed by atoms with Gasteiger partial charge in [0.15, 0.2) is 0 Å². The van der Waals surface area contributed by atoms with E-state index in [1.807, 2.05) is 12.2 Å². The van der Waals surface area contributed by atoms with Gasteiger partial charge in [-0.1, -0.05) is 12.2 Å². The highest BCUT2D eigenvalue weighted by atomic mass is 16.6. The molecule has 0 bridgehead atoms. The molecular weight excluding hydrogens is 112 g/mol. The van der Waals surface area contributed by atoms with E-state index in [2.05, 4.69) is 26.0 Å². The van der Waals surface area contributed by atoms with Gasteiger partial charge in [0.25, 0.3) is 0 Å². The summed E-state index contributed by atoms with van der Waals surface area (Å²) >= 11 is 0. The minimum Gasteiger partial charge on any atom is -0.354 e. The second-order valence-corrected chi connectivity index (χ2v) is 3.03. The first-order valence-electron chi connectivity index (χ1n) is 3.24. The van der Waals surface area contributed by atoms with Crippen LogP contribution in [-0.2, 0) is 4.74 Å². The fourth-order valence-corrected chi connectivity index (χ4v) is 1.29. The highest BCUT2D eigenvalue weighted by Gasteiger charge is 2.60. The van der Waals surface area contributed by atoms with Crippen molar-refractivity contribution in [2.75, 3.05) is 0 Å². The lowest BCUT2D eigenvalue weighted by atomic mass is 9.92. The molecule has 0 radical (unpaired) electrons. The van der Waals surface area contributed by atoms with Crippen molar-refractivity contribution in [2.24, 2.45) is 0 Å². The molecule has 1 aliphatic heterocycles. The fourth-order valence-electron chi connectivity index (χ4n) is 1.29. The van der Waals surface area contributed by atoms with Crippen molar-refractivity contribution >= 4 is 0 Å². The lowest BCUT2D eigenvalue weighted by molar-refractivity contribution is 0.323. The lowest BCUT2D eigenvalue weighted by Crippen LogP contribution is -2.16. The van der Waals surface area contributed by atoms with Crippen LogP contribution >= 0.6 is 0 Å². The molecular formula is C8H10O. The summed E-state index contributed by atoms with van der Waals surface area (Å²) in [6.07, 6.45) is 8.28. The smallest absolute Gasteiger partial charge is 0.117 e. The molecule has 1 heterocycles. The van der Waals surface area contributed by atoms with Crippen LogP contribution in [0.4, 0.5) is 0 Å². The Balaban J connectivity index is 2.40. The second kappa shape index (κ2) is 1.14. The van der Waals surface area contributed by atoms with Gasteiger partial charge in [-0.3, -0.25) is 0 Å². The molecule has 0 aromatic carbocycles. The van der Waals surface area contributed by atoms with Gasteiger partial charge in [0.2, 0.25) is 0 Å². The molecule has 1 saturated heterocycles. The van der Waals surface area contributed by atoms with Crippen LogP contribution in [0.25, 0.3) is 0 Å². The predicted octanol–water partition coefficient (Wildman–Crippen LogP) is 1.66. The molecule has 0 aromatic rings. The van der Waals surface area contributed by atoms with Crippen molar-refractivity contribution in [3.05, 3.63) is 24.3 Å². The van der Waals surface area contributed by atoms with Crippen LogP contribution < -0.4 is 0 Å². The summed E-state index contributed by atoms with van der Waals surface area (Å²) in [6, 6.07) is 0. The third-order valence-corrected chi connectivity index (χ3v) is 2.31. The Bertz CT molecular complexity index is 183. The van der Waals surface area contributed by atoms with E-state index in [9.17, 15) is 0 Å². The highest BCUT2D eigenvalue weighted by molar-refractivity contribution is 5.36. The molecule has 1 nitrogen and oxygen atoms in total. The molecule has 1 fully saturated rings. The van der Waals surface area contributed by atoms with Crippen LogP contribution in [0.2, 0.25) is 0 Å². The summed E-state index contributed by atoms with van der Waals surface area (Å²) in [7, 11) is 0. The zero-order chi connectivity index (χ0) is 6.54. The Morgan fingerprint density at radius 3 is 1.78 bits per heavy atom. The van der Waals surface area contributed by atoms with Gasteiger partial charge >= 0.3 is 0 Å². The third-order valence-electron chi connectivity index (χ3n) is 2.31. The second-order valence-electron chi connectivity index (χ2n) is 3.03. The lowest BCUT2D eigenvalue weighted by Gasteiger charge is -2.05. The third kappa shape index (κ3) is 0.479. The average Bonchev–Trinajstić information content (AvgIpc) is 2.33. The maximum absolute atomic E-state index is 5.48. The Kier molecular flexibility index (Phi) is 0.665. The summed E-state index contributed by atoms with van der Waals surface area (Å²) < 4.78 is 5.48. The molecule has 0 spiro atoms. The first kappa shape index (κ1) is 5.24. The van der Waals surface area contributed by atoms with Gasteiger partial charge in [-0.05, 0) is 26.0 Å². The van der Waals surface area contributed by atoms with Crippen molar-refractivity contribution in [1.29, 1.82) is 0 Å². The maximum atomic E-state index is 5.48. The molecule has 0 unspecified atom stereocenters. The summed E-state index contributed by atoms with van der Waals surface area (Å²) in [5.41, 5.74) is 0.0312. The molecule has 2 rings (SSSR count). The van der Waals surface area contributed by atoms with Gasteiger partial charge in [0.05, 0.1) is 0 Å². The molecule has 1 heteroatoms. The fraction of sp³-hybridized carbons (Fsp3) is 0.500. The van der Waals surface area contributed by atoms with Crippen LogP contribution in [-0.4, -0.2) is 11.2 Å². The van der Waals surface area contributed by atoms with Gasteiger partial charge in [0.1, 0.15) is 11.2 Å². The summed E-state index contributed by atoms with van der Waals surface area (Å²) in [5, 5.41) is 0. The zero-order valence-corrected chi connectivity index (χ0v) is 5.72. The van der Waals surface area contributed by atoms with E-state index in [4.69, 9.17) is 4.74 Å². The van der Waals surface area contributed by atoms with Crippen LogP contribution in [0, 0.1) is 0 Å². The minimum atomic E-state index is 0.0156. The summed E-state index contributed by atoms with van der Waals surface area (Å²) in [5.74, 6) is 0. The number of allylic oxidation sites excluding steroid dienone is 2. The van der Waals surface area contributed by atoms with Crippen molar-refractivity contribution in [3.63, 3.8) is 0 Å². The predicted molar refractivity (Wildman–Crippen MR) is 36.2 cm³/mol. The standard InChI is InChI=1S/C8H10O/c1-7-5-3-4-6-8(7,2)9-7/h3-6H,1-2H3/t7-,8+. The number of fused-ring (bicyclic) bond motifs is 1. The Labute approximate surface area is 55.0 Å². The minimum absolute atomic E-state index is 0.0156. The first-order chi connectivity index (χ1) is 4.16. The number of ether oxygens (including phenoxy) is 1. The van der Waals surface area contributed by atoms with E-state index in [1.165, 1.54) is 0 Å². The van der Waals surface area contributed by atoms with Crippen LogP contribution in [0.1, 0.15) is 13.8 Å². The number of hydrogen-bond donors (Lipinski definition) is 0. The molecule has 2 atom stereocenters. The van der Waals surface area contributed by atoms with E-state index in [-0.39, 0.29) is 11.2 Å².